The lowest BCUT2D eigenvalue weighted by atomic mass is 10.0. The molecular weight excluding hydrogens is 526 g/mol. The molecule has 0 aromatic heterocycles. The third-order valence-corrected chi connectivity index (χ3v) is 5.66. The minimum atomic E-state index is -0.953. The van der Waals surface area contributed by atoms with Crippen molar-refractivity contribution in [2.45, 2.75) is 0 Å². The summed E-state index contributed by atoms with van der Waals surface area (Å²) in [5.41, 5.74) is 3.47. The van der Waals surface area contributed by atoms with Gasteiger partial charge in [-0.15, -0.1) is 0 Å². The van der Waals surface area contributed by atoms with E-state index in [0.29, 0.717) is 22.6 Å². The smallest absolute Gasteiger partial charge is 0.343 e. The molecule has 0 spiro atoms. The van der Waals surface area contributed by atoms with Crippen LogP contribution in [0.4, 0.5) is 5.69 Å². The summed E-state index contributed by atoms with van der Waals surface area (Å²) in [7, 11) is 1.54. The predicted octanol–water partition coefficient (Wildman–Crippen LogP) is 4.92. The standard InChI is InChI=1S/C27H20BrN3O5/c1-35-21-13-6-18(7-14-21)27(34)36-24-15-8-17-4-2-3-5-22(17)23(24)16-29-31-26(33)25(32)30-20-11-9-19(28)10-12-20/h2-16H,1H3,(H,30,32)(H,31,33)/b29-16+. The van der Waals surface area contributed by atoms with Gasteiger partial charge in [0.2, 0.25) is 0 Å². The summed E-state index contributed by atoms with van der Waals surface area (Å²) in [6.45, 7) is 0. The molecule has 8 nitrogen and oxygen atoms in total. The number of esters is 1. The lowest BCUT2D eigenvalue weighted by molar-refractivity contribution is -0.136. The van der Waals surface area contributed by atoms with Gasteiger partial charge in [-0.05, 0) is 65.4 Å². The molecule has 0 saturated heterocycles. The Morgan fingerprint density at radius 3 is 2.31 bits per heavy atom. The summed E-state index contributed by atoms with van der Waals surface area (Å²) in [5.74, 6) is -1.54. The fourth-order valence-corrected chi connectivity index (χ4v) is 3.58. The van der Waals surface area contributed by atoms with E-state index in [1.165, 1.54) is 13.3 Å². The number of benzene rings is 4. The number of amides is 2. The minimum Gasteiger partial charge on any atom is -0.497 e. The average Bonchev–Trinajstić information content (AvgIpc) is 2.90. The Bertz CT molecular complexity index is 1450. The molecule has 4 rings (SSSR count). The molecular formula is C27H20BrN3O5. The Morgan fingerprint density at radius 1 is 0.861 bits per heavy atom. The predicted molar refractivity (Wildman–Crippen MR) is 140 cm³/mol. The van der Waals surface area contributed by atoms with Gasteiger partial charge in [0.15, 0.2) is 0 Å². The van der Waals surface area contributed by atoms with Crippen LogP contribution in [-0.2, 0) is 9.59 Å². The molecule has 0 unspecified atom stereocenters. The van der Waals surface area contributed by atoms with Crippen molar-refractivity contribution in [3.05, 3.63) is 101 Å². The number of ether oxygens (including phenoxy) is 2. The number of nitrogens with zero attached hydrogens (tertiary/aromatic N) is 1. The number of hydrazone groups is 1. The first kappa shape index (κ1) is 24.6. The summed E-state index contributed by atoms with van der Waals surface area (Å²) in [6, 6.07) is 24.2. The number of carbonyl (C=O) groups excluding carboxylic acids is 3. The number of nitrogens with one attached hydrogen (secondary N) is 2. The Labute approximate surface area is 215 Å². The average molecular weight is 546 g/mol. The molecule has 9 heteroatoms. The van der Waals surface area contributed by atoms with Gasteiger partial charge in [-0.25, -0.2) is 10.2 Å². The zero-order valence-electron chi connectivity index (χ0n) is 19.0. The van der Waals surface area contributed by atoms with Crippen molar-refractivity contribution in [2.24, 2.45) is 5.10 Å². The van der Waals surface area contributed by atoms with Crippen molar-refractivity contribution in [3.8, 4) is 11.5 Å². The lowest BCUT2D eigenvalue weighted by Crippen LogP contribution is -2.32. The molecule has 2 amide bonds. The molecule has 2 N–H and O–H groups in total. The van der Waals surface area contributed by atoms with Gasteiger partial charge in [-0.2, -0.15) is 5.10 Å². The first-order chi connectivity index (χ1) is 17.4. The highest BCUT2D eigenvalue weighted by Gasteiger charge is 2.15. The summed E-state index contributed by atoms with van der Waals surface area (Å²) in [5, 5.41) is 8.04. The van der Waals surface area contributed by atoms with Gasteiger partial charge >= 0.3 is 17.8 Å². The lowest BCUT2D eigenvalue weighted by Gasteiger charge is -2.11. The number of rotatable bonds is 6. The maximum Gasteiger partial charge on any atom is 0.343 e. The fraction of sp³-hybridized carbons (Fsp3) is 0.0370. The second-order valence-electron chi connectivity index (χ2n) is 7.48. The van der Waals surface area contributed by atoms with Gasteiger partial charge < -0.3 is 14.8 Å². The molecule has 0 saturated carbocycles. The van der Waals surface area contributed by atoms with Crippen LogP contribution in [0.1, 0.15) is 15.9 Å². The molecule has 0 heterocycles. The van der Waals surface area contributed by atoms with Gasteiger partial charge in [-0.1, -0.05) is 46.3 Å². The number of methoxy groups -OCH3 is 1. The monoisotopic (exact) mass is 545 g/mol. The Balaban J connectivity index is 1.52. The molecule has 0 fully saturated rings. The molecule has 36 heavy (non-hydrogen) atoms. The number of carbonyl (C=O) groups is 3. The van der Waals surface area contributed by atoms with Crippen LogP contribution in [0.3, 0.4) is 0 Å². The van der Waals surface area contributed by atoms with Crippen molar-refractivity contribution < 1.29 is 23.9 Å². The quantitative estimate of drug-likeness (QED) is 0.117. The molecule has 0 radical (unpaired) electrons. The molecule has 0 bridgehead atoms. The van der Waals surface area contributed by atoms with Crippen LogP contribution in [0.5, 0.6) is 11.5 Å². The van der Waals surface area contributed by atoms with E-state index in [2.05, 4.69) is 31.8 Å². The van der Waals surface area contributed by atoms with Gasteiger partial charge in [0.1, 0.15) is 11.5 Å². The first-order valence-corrected chi connectivity index (χ1v) is 11.5. The van der Waals surface area contributed by atoms with Crippen molar-refractivity contribution in [3.63, 3.8) is 0 Å². The van der Waals surface area contributed by atoms with Gasteiger partial charge in [-0.3, -0.25) is 9.59 Å². The topological polar surface area (TPSA) is 106 Å². The third kappa shape index (κ3) is 5.94. The largest absolute Gasteiger partial charge is 0.497 e. The van der Waals surface area contributed by atoms with Crippen LogP contribution in [0.15, 0.2) is 94.5 Å². The second kappa shape index (κ2) is 11.3. The van der Waals surface area contributed by atoms with Crippen LogP contribution < -0.4 is 20.2 Å². The summed E-state index contributed by atoms with van der Waals surface area (Å²) < 4.78 is 11.6. The van der Waals surface area contributed by atoms with Crippen molar-refractivity contribution in [1.82, 2.24) is 5.43 Å². The van der Waals surface area contributed by atoms with Gasteiger partial charge in [0, 0.05) is 15.7 Å². The van der Waals surface area contributed by atoms with Crippen LogP contribution in [0.2, 0.25) is 0 Å². The molecule has 0 aliphatic heterocycles. The summed E-state index contributed by atoms with van der Waals surface area (Å²) in [4.78, 5) is 37.1. The van der Waals surface area contributed by atoms with Crippen LogP contribution in [-0.4, -0.2) is 31.1 Å². The van der Waals surface area contributed by atoms with Crippen LogP contribution in [0, 0.1) is 0 Å². The van der Waals surface area contributed by atoms with E-state index in [1.807, 2.05) is 30.3 Å². The fourth-order valence-electron chi connectivity index (χ4n) is 3.31. The third-order valence-electron chi connectivity index (χ3n) is 5.13. The van der Waals surface area contributed by atoms with Crippen LogP contribution in [0.25, 0.3) is 10.8 Å². The Kier molecular flexibility index (Phi) is 7.72. The highest BCUT2D eigenvalue weighted by molar-refractivity contribution is 9.10. The number of hydrogen-bond donors (Lipinski definition) is 2. The highest BCUT2D eigenvalue weighted by atomic mass is 79.9. The molecule has 180 valence electrons. The van der Waals surface area contributed by atoms with E-state index >= 15 is 0 Å². The molecule has 4 aromatic carbocycles. The summed E-state index contributed by atoms with van der Waals surface area (Å²) >= 11 is 3.31. The number of halogens is 1. The minimum absolute atomic E-state index is 0.242. The van der Waals surface area contributed by atoms with Gasteiger partial charge in [0.05, 0.1) is 18.9 Å². The maximum absolute atomic E-state index is 12.7. The molecule has 4 aromatic rings. The molecule has 0 aliphatic rings. The number of anilines is 1. The normalized spacial score (nSPS) is 10.7. The number of fused-ring (bicyclic) bond motifs is 1. The SMILES string of the molecule is COc1ccc(C(=O)Oc2ccc3ccccc3c2/C=N/NC(=O)C(=O)Nc2ccc(Br)cc2)cc1. The zero-order valence-corrected chi connectivity index (χ0v) is 20.6. The van der Waals surface area contributed by atoms with Crippen molar-refractivity contribution in [1.29, 1.82) is 0 Å². The molecule has 0 aliphatic carbocycles. The van der Waals surface area contributed by atoms with E-state index in [4.69, 9.17) is 9.47 Å². The summed E-state index contributed by atoms with van der Waals surface area (Å²) in [6.07, 6.45) is 1.34. The highest BCUT2D eigenvalue weighted by Crippen LogP contribution is 2.27. The van der Waals surface area contributed by atoms with E-state index in [1.54, 1.807) is 54.6 Å². The van der Waals surface area contributed by atoms with Crippen molar-refractivity contribution >= 4 is 56.4 Å². The number of hydrogen-bond acceptors (Lipinski definition) is 6. The zero-order chi connectivity index (χ0) is 25.5. The van der Waals surface area contributed by atoms with Gasteiger partial charge in [0.25, 0.3) is 0 Å². The van der Waals surface area contributed by atoms with E-state index in [0.717, 1.165) is 15.2 Å². The maximum atomic E-state index is 12.7. The van der Waals surface area contributed by atoms with E-state index in [-0.39, 0.29) is 5.75 Å². The van der Waals surface area contributed by atoms with E-state index < -0.39 is 17.8 Å². The Morgan fingerprint density at radius 2 is 1.58 bits per heavy atom. The van der Waals surface area contributed by atoms with Crippen LogP contribution >= 0.6 is 15.9 Å². The first-order valence-electron chi connectivity index (χ1n) is 10.7. The van der Waals surface area contributed by atoms with Crippen molar-refractivity contribution in [2.75, 3.05) is 12.4 Å². The second-order valence-corrected chi connectivity index (χ2v) is 8.39. The Hall–Kier alpha value is -4.50. The van der Waals surface area contributed by atoms with E-state index in [9.17, 15) is 14.4 Å². The molecule has 0 atom stereocenters.